The molecule has 1 heterocycles. The highest BCUT2D eigenvalue weighted by molar-refractivity contribution is 5.78. The molecular weight excluding hydrogens is 359 g/mol. The first-order valence-corrected chi connectivity index (χ1v) is 9.06. The molecule has 0 fully saturated rings. The fraction of sp³-hybridized carbons (Fsp3) is 0.273. The van der Waals surface area contributed by atoms with Crippen molar-refractivity contribution in [3.63, 3.8) is 0 Å². The molecule has 0 spiro atoms. The van der Waals surface area contributed by atoms with Gasteiger partial charge in [-0.3, -0.25) is 4.79 Å². The molecule has 0 radical (unpaired) electrons. The fourth-order valence-electron chi connectivity index (χ4n) is 2.91. The fourth-order valence-corrected chi connectivity index (χ4v) is 2.91. The minimum absolute atomic E-state index is 0.0445. The molecule has 0 aliphatic heterocycles. The molecule has 3 aromatic rings. The number of para-hydroxylation sites is 1. The highest BCUT2D eigenvalue weighted by atomic mass is 19.1. The third-order valence-corrected chi connectivity index (χ3v) is 4.64. The number of oxazole rings is 1. The SMILES string of the molecule is COc1ccccc1CCN(C)C(=O)Cc1nc(-c2ccc(F)cc2)oc1C. The molecule has 0 saturated heterocycles. The van der Waals surface area contributed by atoms with Crippen LogP contribution in [0.4, 0.5) is 4.39 Å². The summed E-state index contributed by atoms with van der Waals surface area (Å²) in [6.07, 6.45) is 0.851. The number of nitrogens with zero attached hydrogens (tertiary/aromatic N) is 2. The Hall–Kier alpha value is -3.15. The lowest BCUT2D eigenvalue weighted by atomic mass is 10.1. The molecule has 0 aliphatic carbocycles. The molecule has 1 aromatic heterocycles. The number of benzene rings is 2. The van der Waals surface area contributed by atoms with Gasteiger partial charge in [-0.15, -0.1) is 0 Å². The van der Waals surface area contributed by atoms with Gasteiger partial charge in [0.25, 0.3) is 0 Å². The van der Waals surface area contributed by atoms with Gasteiger partial charge in [-0.25, -0.2) is 9.37 Å². The summed E-state index contributed by atoms with van der Waals surface area (Å²) in [4.78, 5) is 18.7. The third kappa shape index (κ3) is 4.57. The van der Waals surface area contributed by atoms with Gasteiger partial charge in [-0.2, -0.15) is 0 Å². The molecule has 5 nitrogen and oxygen atoms in total. The standard InChI is InChI=1S/C22H23FN2O3/c1-15-19(24-22(28-15)17-8-10-18(23)11-9-17)14-21(26)25(2)13-12-16-6-4-5-7-20(16)27-3/h4-11H,12-14H2,1-3H3. The summed E-state index contributed by atoms with van der Waals surface area (Å²) < 4.78 is 24.1. The van der Waals surface area contributed by atoms with Crippen LogP contribution in [0, 0.1) is 12.7 Å². The smallest absolute Gasteiger partial charge is 0.228 e. The van der Waals surface area contributed by atoms with Crippen LogP contribution in [0.5, 0.6) is 5.75 Å². The van der Waals surface area contributed by atoms with Crippen LogP contribution in [0.1, 0.15) is 17.0 Å². The lowest BCUT2D eigenvalue weighted by Gasteiger charge is -2.17. The van der Waals surface area contributed by atoms with Crippen LogP contribution in [-0.2, 0) is 17.6 Å². The number of hydrogen-bond acceptors (Lipinski definition) is 4. The zero-order chi connectivity index (χ0) is 20.1. The predicted octanol–water partition coefficient (Wildman–Crippen LogP) is 4.04. The van der Waals surface area contributed by atoms with Crippen molar-refractivity contribution >= 4 is 5.91 Å². The number of ether oxygens (including phenoxy) is 1. The van der Waals surface area contributed by atoms with Crippen molar-refractivity contribution in [3.05, 3.63) is 71.4 Å². The average molecular weight is 382 g/mol. The van der Waals surface area contributed by atoms with E-state index in [4.69, 9.17) is 9.15 Å². The number of carbonyl (C=O) groups is 1. The van der Waals surface area contributed by atoms with Crippen LogP contribution in [0.15, 0.2) is 52.9 Å². The van der Waals surface area contributed by atoms with Crippen molar-refractivity contribution in [2.75, 3.05) is 20.7 Å². The summed E-state index contributed by atoms with van der Waals surface area (Å²) in [5, 5.41) is 0. The van der Waals surface area contributed by atoms with E-state index in [1.807, 2.05) is 24.3 Å². The van der Waals surface area contributed by atoms with Gasteiger partial charge >= 0.3 is 0 Å². The Kier molecular flexibility index (Phi) is 6.09. The zero-order valence-corrected chi connectivity index (χ0v) is 16.2. The van der Waals surface area contributed by atoms with Crippen molar-refractivity contribution in [1.82, 2.24) is 9.88 Å². The molecule has 0 bridgehead atoms. The first kappa shape index (κ1) is 19.6. The zero-order valence-electron chi connectivity index (χ0n) is 16.2. The van der Waals surface area contributed by atoms with E-state index in [-0.39, 0.29) is 18.1 Å². The monoisotopic (exact) mass is 382 g/mol. The number of rotatable bonds is 7. The predicted molar refractivity (Wildman–Crippen MR) is 105 cm³/mol. The van der Waals surface area contributed by atoms with Crippen molar-refractivity contribution in [1.29, 1.82) is 0 Å². The van der Waals surface area contributed by atoms with E-state index in [9.17, 15) is 9.18 Å². The maximum absolute atomic E-state index is 13.1. The summed E-state index contributed by atoms with van der Waals surface area (Å²) >= 11 is 0. The van der Waals surface area contributed by atoms with Crippen molar-refractivity contribution in [2.24, 2.45) is 0 Å². The van der Waals surface area contributed by atoms with E-state index in [1.54, 1.807) is 38.1 Å². The molecule has 0 unspecified atom stereocenters. The molecule has 0 aliphatic rings. The first-order valence-electron chi connectivity index (χ1n) is 9.06. The summed E-state index contributed by atoms with van der Waals surface area (Å²) in [5.74, 6) is 1.43. The number of amides is 1. The summed E-state index contributed by atoms with van der Waals surface area (Å²) in [6, 6.07) is 13.7. The number of carbonyl (C=O) groups excluding carboxylic acids is 1. The Morgan fingerprint density at radius 3 is 2.61 bits per heavy atom. The maximum atomic E-state index is 13.1. The Balaban J connectivity index is 1.63. The highest BCUT2D eigenvalue weighted by Crippen LogP contribution is 2.23. The van der Waals surface area contributed by atoms with Gasteiger partial charge in [0, 0.05) is 19.2 Å². The van der Waals surface area contributed by atoms with Crippen molar-refractivity contribution < 1.29 is 18.3 Å². The minimum atomic E-state index is -0.320. The Bertz CT molecular complexity index is 951. The van der Waals surface area contributed by atoms with Crippen LogP contribution < -0.4 is 4.74 Å². The number of aromatic nitrogens is 1. The largest absolute Gasteiger partial charge is 0.496 e. The summed E-state index contributed by atoms with van der Waals surface area (Å²) in [6.45, 7) is 2.35. The second-order valence-corrected chi connectivity index (χ2v) is 6.58. The molecule has 0 N–H and O–H groups in total. The number of halogens is 1. The molecule has 0 saturated carbocycles. The Morgan fingerprint density at radius 1 is 1.18 bits per heavy atom. The maximum Gasteiger partial charge on any atom is 0.228 e. The molecule has 28 heavy (non-hydrogen) atoms. The normalized spacial score (nSPS) is 10.7. The number of hydrogen-bond donors (Lipinski definition) is 0. The van der Waals surface area contributed by atoms with E-state index >= 15 is 0 Å². The Labute approximate surface area is 163 Å². The summed E-state index contributed by atoms with van der Waals surface area (Å²) in [7, 11) is 3.41. The molecule has 3 rings (SSSR count). The second-order valence-electron chi connectivity index (χ2n) is 6.58. The van der Waals surface area contributed by atoms with E-state index in [0.29, 0.717) is 35.9 Å². The quantitative estimate of drug-likeness (QED) is 0.619. The van der Waals surface area contributed by atoms with Gasteiger partial charge in [0.15, 0.2) is 0 Å². The van der Waals surface area contributed by atoms with Crippen LogP contribution in [0.2, 0.25) is 0 Å². The van der Waals surface area contributed by atoms with Gasteiger partial charge in [0.2, 0.25) is 11.8 Å². The van der Waals surface area contributed by atoms with Crippen LogP contribution >= 0.6 is 0 Å². The van der Waals surface area contributed by atoms with Gasteiger partial charge in [0.05, 0.1) is 19.2 Å². The average Bonchev–Trinajstić information content (AvgIpc) is 3.07. The molecule has 1 amide bonds. The molecular formula is C22H23FN2O3. The van der Waals surface area contributed by atoms with Gasteiger partial charge in [-0.05, 0) is 49.2 Å². The van der Waals surface area contributed by atoms with Crippen molar-refractivity contribution in [3.8, 4) is 17.2 Å². The van der Waals surface area contributed by atoms with Gasteiger partial charge in [-0.1, -0.05) is 18.2 Å². The third-order valence-electron chi connectivity index (χ3n) is 4.64. The van der Waals surface area contributed by atoms with E-state index < -0.39 is 0 Å². The lowest BCUT2D eigenvalue weighted by molar-refractivity contribution is -0.129. The lowest BCUT2D eigenvalue weighted by Crippen LogP contribution is -2.30. The van der Waals surface area contributed by atoms with E-state index in [2.05, 4.69) is 4.98 Å². The number of likely N-dealkylation sites (N-methyl/N-ethyl adjacent to an activating group) is 1. The second kappa shape index (κ2) is 8.69. The number of aryl methyl sites for hydroxylation is 1. The molecule has 2 aromatic carbocycles. The molecule has 146 valence electrons. The van der Waals surface area contributed by atoms with Crippen LogP contribution in [0.3, 0.4) is 0 Å². The van der Waals surface area contributed by atoms with Gasteiger partial charge in [0.1, 0.15) is 17.3 Å². The Morgan fingerprint density at radius 2 is 1.89 bits per heavy atom. The minimum Gasteiger partial charge on any atom is -0.496 e. The topological polar surface area (TPSA) is 55.6 Å². The first-order chi connectivity index (χ1) is 13.5. The van der Waals surface area contributed by atoms with Crippen LogP contribution in [0.25, 0.3) is 11.5 Å². The number of methoxy groups -OCH3 is 1. The molecule has 0 atom stereocenters. The van der Waals surface area contributed by atoms with E-state index in [0.717, 1.165) is 11.3 Å². The van der Waals surface area contributed by atoms with Crippen LogP contribution in [-0.4, -0.2) is 36.5 Å². The van der Waals surface area contributed by atoms with E-state index in [1.165, 1.54) is 12.1 Å². The molecule has 6 heteroatoms. The summed E-state index contributed by atoms with van der Waals surface area (Å²) in [5.41, 5.74) is 2.32. The van der Waals surface area contributed by atoms with Gasteiger partial charge < -0.3 is 14.1 Å². The highest BCUT2D eigenvalue weighted by Gasteiger charge is 2.17. The van der Waals surface area contributed by atoms with Crippen molar-refractivity contribution in [2.45, 2.75) is 19.8 Å².